The Balaban J connectivity index is 2.09. The van der Waals surface area contributed by atoms with Gasteiger partial charge in [0.2, 0.25) is 0 Å². The van der Waals surface area contributed by atoms with Gasteiger partial charge in [0.25, 0.3) is 0 Å². The molecule has 1 unspecified atom stereocenters. The predicted molar refractivity (Wildman–Crippen MR) is 77.0 cm³/mol. The topological polar surface area (TPSA) is 41.3 Å². The summed E-state index contributed by atoms with van der Waals surface area (Å²) in [6, 6.07) is 2.64. The molecule has 1 aliphatic rings. The highest BCUT2D eigenvalue weighted by atomic mass is 16.5. The van der Waals surface area contributed by atoms with Gasteiger partial charge in [0.05, 0.1) is 12.2 Å². The lowest BCUT2D eigenvalue weighted by atomic mass is 9.88. The second-order valence-corrected chi connectivity index (χ2v) is 5.77. The molecule has 0 radical (unpaired) electrons. The Morgan fingerprint density at radius 3 is 2.68 bits per heavy atom. The fourth-order valence-electron chi connectivity index (χ4n) is 3.04. The highest BCUT2D eigenvalue weighted by Crippen LogP contribution is 2.25. The molecule has 4 heteroatoms. The Bertz CT molecular complexity index is 398. The van der Waals surface area contributed by atoms with Gasteiger partial charge < -0.3 is 9.84 Å². The van der Waals surface area contributed by atoms with E-state index in [9.17, 15) is 0 Å². The van der Waals surface area contributed by atoms with Crippen LogP contribution in [0, 0.1) is 6.92 Å². The molecule has 2 heterocycles. The molecule has 4 nitrogen and oxygen atoms in total. The molecule has 1 N–H and O–H groups in total. The summed E-state index contributed by atoms with van der Waals surface area (Å²) in [4.78, 5) is 2.56. The van der Waals surface area contributed by atoms with Crippen molar-refractivity contribution in [2.75, 3.05) is 13.1 Å². The van der Waals surface area contributed by atoms with Gasteiger partial charge in [-0.15, -0.1) is 0 Å². The van der Waals surface area contributed by atoms with Crippen LogP contribution in [0.25, 0.3) is 0 Å². The second kappa shape index (κ2) is 6.06. The summed E-state index contributed by atoms with van der Waals surface area (Å²) < 4.78 is 5.38. The average molecular weight is 265 g/mol. The largest absolute Gasteiger partial charge is 0.360 e. The van der Waals surface area contributed by atoms with Gasteiger partial charge in [-0.1, -0.05) is 25.9 Å². The van der Waals surface area contributed by atoms with Crippen molar-refractivity contribution in [1.29, 1.82) is 0 Å². The van der Waals surface area contributed by atoms with Crippen LogP contribution in [0.3, 0.4) is 0 Å². The zero-order valence-corrected chi connectivity index (χ0v) is 12.7. The molecule has 0 bridgehead atoms. The highest BCUT2D eigenvalue weighted by Gasteiger charge is 2.36. The number of hydrogen-bond acceptors (Lipinski definition) is 4. The minimum atomic E-state index is 0.265. The van der Waals surface area contributed by atoms with Crippen molar-refractivity contribution in [2.45, 2.75) is 65.1 Å². The first kappa shape index (κ1) is 14.5. The van der Waals surface area contributed by atoms with E-state index in [1.54, 1.807) is 0 Å². The van der Waals surface area contributed by atoms with Crippen molar-refractivity contribution in [3.05, 3.63) is 17.5 Å². The maximum absolute atomic E-state index is 5.38. The van der Waals surface area contributed by atoms with Gasteiger partial charge in [0.15, 0.2) is 5.76 Å². The van der Waals surface area contributed by atoms with Crippen molar-refractivity contribution < 1.29 is 4.52 Å². The van der Waals surface area contributed by atoms with E-state index in [0.717, 1.165) is 31.1 Å². The SMILES string of the molecule is CCC1CNC(CC)(CC)CN1Cc1cc(C)no1. The van der Waals surface area contributed by atoms with Crippen molar-refractivity contribution in [1.82, 2.24) is 15.4 Å². The first-order valence-corrected chi connectivity index (χ1v) is 7.53. The maximum Gasteiger partial charge on any atom is 0.150 e. The van der Waals surface area contributed by atoms with Gasteiger partial charge in [0, 0.05) is 30.7 Å². The standard InChI is InChI=1S/C15H27N3O/c1-5-13-9-16-15(6-2,7-3)11-18(13)10-14-8-12(4)17-19-14/h8,13,16H,5-7,9-11H2,1-4H3. The Hall–Kier alpha value is -0.870. The monoisotopic (exact) mass is 265 g/mol. The highest BCUT2D eigenvalue weighted by molar-refractivity contribution is 5.05. The Labute approximate surface area is 116 Å². The van der Waals surface area contributed by atoms with E-state index in [1.807, 2.05) is 13.0 Å². The molecule has 0 aromatic carbocycles. The van der Waals surface area contributed by atoms with Crippen LogP contribution in [0.2, 0.25) is 0 Å². The van der Waals surface area contributed by atoms with Gasteiger partial charge >= 0.3 is 0 Å². The number of aromatic nitrogens is 1. The zero-order valence-electron chi connectivity index (χ0n) is 12.7. The summed E-state index contributed by atoms with van der Waals surface area (Å²) in [5.41, 5.74) is 1.23. The molecule has 0 aliphatic carbocycles. The summed E-state index contributed by atoms with van der Waals surface area (Å²) in [5.74, 6) is 0.985. The van der Waals surface area contributed by atoms with Crippen LogP contribution in [0.1, 0.15) is 51.5 Å². The molecule has 0 spiro atoms. The molecule has 1 fully saturated rings. The van der Waals surface area contributed by atoms with Crippen LogP contribution in [0.4, 0.5) is 0 Å². The first-order valence-electron chi connectivity index (χ1n) is 7.53. The minimum Gasteiger partial charge on any atom is -0.360 e. The lowest BCUT2D eigenvalue weighted by molar-refractivity contribution is 0.0573. The molecule has 1 aliphatic heterocycles. The smallest absolute Gasteiger partial charge is 0.150 e. The van der Waals surface area contributed by atoms with E-state index in [0.29, 0.717) is 6.04 Å². The summed E-state index contributed by atoms with van der Waals surface area (Å²) in [6.07, 6.45) is 3.52. The van der Waals surface area contributed by atoms with Crippen molar-refractivity contribution >= 4 is 0 Å². The molecule has 108 valence electrons. The summed E-state index contributed by atoms with van der Waals surface area (Å²) >= 11 is 0. The van der Waals surface area contributed by atoms with Gasteiger partial charge in [-0.25, -0.2) is 0 Å². The fourth-order valence-corrected chi connectivity index (χ4v) is 3.04. The molecule has 1 saturated heterocycles. The Morgan fingerprint density at radius 1 is 1.42 bits per heavy atom. The van der Waals surface area contributed by atoms with Crippen LogP contribution in [0.15, 0.2) is 10.6 Å². The molecule has 0 amide bonds. The molecule has 2 rings (SSSR count). The van der Waals surface area contributed by atoms with Gasteiger partial charge in [-0.3, -0.25) is 4.90 Å². The van der Waals surface area contributed by atoms with Gasteiger partial charge in [-0.05, 0) is 26.2 Å². The molecule has 1 aromatic rings. The molecule has 1 aromatic heterocycles. The van der Waals surface area contributed by atoms with Crippen LogP contribution in [0.5, 0.6) is 0 Å². The summed E-state index contributed by atoms with van der Waals surface area (Å²) in [6.45, 7) is 11.8. The second-order valence-electron chi connectivity index (χ2n) is 5.77. The molecule has 19 heavy (non-hydrogen) atoms. The van der Waals surface area contributed by atoms with E-state index in [2.05, 4.69) is 36.1 Å². The lowest BCUT2D eigenvalue weighted by Crippen LogP contribution is -2.63. The molecule has 1 atom stereocenters. The minimum absolute atomic E-state index is 0.265. The van der Waals surface area contributed by atoms with Crippen LogP contribution in [-0.4, -0.2) is 34.7 Å². The number of nitrogens with one attached hydrogen (secondary N) is 1. The number of piperazine rings is 1. The normalized spacial score (nSPS) is 23.7. The first-order chi connectivity index (χ1) is 9.12. The van der Waals surface area contributed by atoms with Crippen LogP contribution < -0.4 is 5.32 Å². The Morgan fingerprint density at radius 2 is 2.16 bits per heavy atom. The third-order valence-corrected chi connectivity index (χ3v) is 4.60. The number of nitrogens with zero attached hydrogens (tertiary/aromatic N) is 2. The summed E-state index contributed by atoms with van der Waals surface area (Å²) in [7, 11) is 0. The van der Waals surface area contributed by atoms with Crippen LogP contribution in [-0.2, 0) is 6.54 Å². The summed E-state index contributed by atoms with van der Waals surface area (Å²) in [5, 5.41) is 7.76. The lowest BCUT2D eigenvalue weighted by Gasteiger charge is -2.47. The average Bonchev–Trinajstić information content (AvgIpc) is 2.84. The van der Waals surface area contributed by atoms with E-state index < -0.39 is 0 Å². The molecule has 0 saturated carbocycles. The molecular formula is C15H27N3O. The van der Waals surface area contributed by atoms with Crippen LogP contribution >= 0.6 is 0 Å². The van der Waals surface area contributed by atoms with E-state index in [4.69, 9.17) is 4.52 Å². The predicted octanol–water partition coefficient (Wildman–Crippen LogP) is 2.73. The van der Waals surface area contributed by atoms with Crippen molar-refractivity contribution in [3.8, 4) is 0 Å². The van der Waals surface area contributed by atoms with Crippen molar-refractivity contribution in [2.24, 2.45) is 0 Å². The van der Waals surface area contributed by atoms with E-state index in [-0.39, 0.29) is 5.54 Å². The number of hydrogen-bond donors (Lipinski definition) is 1. The maximum atomic E-state index is 5.38. The fraction of sp³-hybridized carbons (Fsp3) is 0.800. The van der Waals surface area contributed by atoms with Gasteiger partial charge in [0.1, 0.15) is 0 Å². The Kier molecular flexibility index (Phi) is 4.63. The van der Waals surface area contributed by atoms with Crippen molar-refractivity contribution in [3.63, 3.8) is 0 Å². The third kappa shape index (κ3) is 3.18. The molecular weight excluding hydrogens is 238 g/mol. The zero-order chi connectivity index (χ0) is 13.9. The number of rotatable bonds is 5. The third-order valence-electron chi connectivity index (χ3n) is 4.60. The van der Waals surface area contributed by atoms with Gasteiger partial charge in [-0.2, -0.15) is 0 Å². The quantitative estimate of drug-likeness (QED) is 0.889. The number of aryl methyl sites for hydroxylation is 1. The van der Waals surface area contributed by atoms with E-state index in [1.165, 1.54) is 19.3 Å². The van der Waals surface area contributed by atoms with E-state index >= 15 is 0 Å².